The Kier molecular flexibility index (Phi) is 4.68. The van der Waals surface area contributed by atoms with Crippen molar-refractivity contribution in [1.82, 2.24) is 5.32 Å². The van der Waals surface area contributed by atoms with Gasteiger partial charge in [0.2, 0.25) is 5.76 Å². The normalized spacial score (nSPS) is 12.6. The molecule has 0 fully saturated rings. The van der Waals surface area contributed by atoms with E-state index >= 15 is 0 Å². The number of nitrogens with one attached hydrogen (secondary N) is 2. The predicted octanol–water partition coefficient (Wildman–Crippen LogP) is 2.36. The van der Waals surface area contributed by atoms with Crippen LogP contribution in [0.2, 0.25) is 5.02 Å². The van der Waals surface area contributed by atoms with Gasteiger partial charge < -0.3 is 19.5 Å². The first kappa shape index (κ1) is 14.7. The number of methoxy groups -OCH3 is 1. The Balaban J connectivity index is 2.00. The number of carbonyl (C=O) groups is 2. The van der Waals surface area contributed by atoms with Crippen molar-refractivity contribution in [3.63, 3.8) is 0 Å². The molecule has 8 heteroatoms. The van der Waals surface area contributed by atoms with Crippen LogP contribution >= 0.6 is 11.6 Å². The first-order valence-electron chi connectivity index (χ1n) is 5.73. The first-order chi connectivity index (χ1) is 10.1. The van der Waals surface area contributed by atoms with Gasteiger partial charge in [0, 0.05) is 5.02 Å². The molecule has 0 spiro atoms. The number of hydrogen-bond donors (Lipinski definition) is 2. The summed E-state index contributed by atoms with van der Waals surface area (Å²) in [6.07, 6.45) is 3.49. The number of imide groups is 1. The van der Waals surface area contributed by atoms with Crippen LogP contribution < -0.4 is 15.4 Å². The van der Waals surface area contributed by atoms with Gasteiger partial charge >= 0.3 is 6.03 Å². The van der Waals surface area contributed by atoms with E-state index in [4.69, 9.17) is 25.8 Å². The van der Waals surface area contributed by atoms with Gasteiger partial charge in [0.25, 0.3) is 5.91 Å². The molecule has 1 aromatic rings. The quantitative estimate of drug-likeness (QED) is 0.895. The maximum absolute atomic E-state index is 11.8. The van der Waals surface area contributed by atoms with Crippen molar-refractivity contribution in [2.24, 2.45) is 0 Å². The molecular weight excluding hydrogens is 300 g/mol. The molecule has 1 aliphatic rings. The fourth-order valence-electron chi connectivity index (χ4n) is 1.47. The molecule has 0 saturated heterocycles. The van der Waals surface area contributed by atoms with Crippen LogP contribution in [0.15, 0.2) is 42.7 Å². The fourth-order valence-corrected chi connectivity index (χ4v) is 1.64. The Labute approximate surface area is 125 Å². The Morgan fingerprint density at radius 3 is 2.76 bits per heavy atom. The number of anilines is 1. The summed E-state index contributed by atoms with van der Waals surface area (Å²) in [5, 5.41) is 4.94. The lowest BCUT2D eigenvalue weighted by Crippen LogP contribution is -2.35. The third-order valence-electron chi connectivity index (χ3n) is 2.36. The van der Waals surface area contributed by atoms with Gasteiger partial charge in [-0.1, -0.05) is 11.6 Å². The minimum absolute atomic E-state index is 0.147. The maximum atomic E-state index is 11.8. The Hall–Kier alpha value is -2.67. The summed E-state index contributed by atoms with van der Waals surface area (Å²) in [5.41, 5.74) is 0.324. The molecule has 7 nitrogen and oxygen atoms in total. The van der Waals surface area contributed by atoms with E-state index in [1.165, 1.54) is 25.7 Å². The summed E-state index contributed by atoms with van der Waals surface area (Å²) in [7, 11) is 1.45. The molecule has 3 amide bonds. The summed E-state index contributed by atoms with van der Waals surface area (Å²) in [6.45, 7) is 0. The molecule has 110 valence electrons. The summed E-state index contributed by atoms with van der Waals surface area (Å²) < 4.78 is 14.7. The van der Waals surface area contributed by atoms with Crippen LogP contribution in [0.25, 0.3) is 0 Å². The Morgan fingerprint density at radius 1 is 1.29 bits per heavy atom. The number of amides is 3. The van der Waals surface area contributed by atoms with Crippen LogP contribution in [0.4, 0.5) is 10.5 Å². The zero-order chi connectivity index (χ0) is 15.2. The van der Waals surface area contributed by atoms with E-state index in [2.05, 4.69) is 10.6 Å². The maximum Gasteiger partial charge on any atom is 0.326 e. The van der Waals surface area contributed by atoms with Crippen LogP contribution in [0.1, 0.15) is 0 Å². The lowest BCUT2D eigenvalue weighted by atomic mass is 10.3. The molecule has 0 saturated carbocycles. The van der Waals surface area contributed by atoms with E-state index in [1.807, 2.05) is 0 Å². The smallest absolute Gasteiger partial charge is 0.326 e. The van der Waals surface area contributed by atoms with E-state index in [9.17, 15) is 9.59 Å². The molecule has 0 atom stereocenters. The second kappa shape index (κ2) is 6.67. The average molecular weight is 311 g/mol. The van der Waals surface area contributed by atoms with Gasteiger partial charge in [-0.05, 0) is 18.2 Å². The molecular formula is C13H11ClN2O5. The van der Waals surface area contributed by atoms with Gasteiger partial charge in [0.05, 0.1) is 12.8 Å². The third-order valence-corrected chi connectivity index (χ3v) is 2.60. The second-order valence-electron chi connectivity index (χ2n) is 3.76. The number of carbonyl (C=O) groups excluding carboxylic acids is 2. The molecule has 2 N–H and O–H groups in total. The van der Waals surface area contributed by atoms with Gasteiger partial charge in [-0.3, -0.25) is 10.1 Å². The molecule has 1 aliphatic heterocycles. The number of rotatable bonds is 3. The zero-order valence-electron chi connectivity index (χ0n) is 10.9. The van der Waals surface area contributed by atoms with E-state index in [0.29, 0.717) is 16.5 Å². The predicted molar refractivity (Wildman–Crippen MR) is 74.6 cm³/mol. The van der Waals surface area contributed by atoms with E-state index < -0.39 is 11.9 Å². The summed E-state index contributed by atoms with van der Waals surface area (Å²) >= 11 is 5.84. The van der Waals surface area contributed by atoms with Crippen molar-refractivity contribution in [1.29, 1.82) is 0 Å². The molecule has 1 heterocycles. The zero-order valence-corrected chi connectivity index (χ0v) is 11.6. The number of halogens is 1. The van der Waals surface area contributed by atoms with E-state index in [1.54, 1.807) is 12.1 Å². The highest BCUT2D eigenvalue weighted by Gasteiger charge is 2.17. The molecule has 0 aromatic heterocycles. The summed E-state index contributed by atoms with van der Waals surface area (Å²) in [4.78, 5) is 23.4. The average Bonchev–Trinajstić information content (AvgIpc) is 2.48. The van der Waals surface area contributed by atoms with Gasteiger partial charge in [-0.2, -0.15) is 0 Å². The van der Waals surface area contributed by atoms with Crippen LogP contribution in [-0.2, 0) is 14.3 Å². The van der Waals surface area contributed by atoms with Crippen molar-refractivity contribution >= 4 is 29.2 Å². The SMILES string of the molecule is COc1ccc(Cl)cc1NC(=O)NC(=O)C1=COC=CO1. The molecule has 0 bridgehead atoms. The number of benzene rings is 1. The topological polar surface area (TPSA) is 85.9 Å². The minimum atomic E-state index is -0.764. The molecule has 0 radical (unpaired) electrons. The lowest BCUT2D eigenvalue weighted by Gasteiger charge is -2.12. The van der Waals surface area contributed by atoms with Gasteiger partial charge in [0.1, 0.15) is 24.5 Å². The van der Waals surface area contributed by atoms with Crippen molar-refractivity contribution in [3.8, 4) is 5.75 Å². The molecule has 0 aliphatic carbocycles. The third kappa shape index (κ3) is 3.90. The lowest BCUT2D eigenvalue weighted by molar-refractivity contribution is -0.119. The van der Waals surface area contributed by atoms with Crippen LogP contribution in [-0.4, -0.2) is 19.0 Å². The standard InChI is InChI=1S/C13H11ClN2O5/c1-19-10-3-2-8(14)6-9(10)15-13(18)16-12(17)11-7-20-4-5-21-11/h2-7H,1H3,(H2,15,16,17,18). The number of hydrogen-bond acceptors (Lipinski definition) is 5. The first-order valence-corrected chi connectivity index (χ1v) is 6.11. The minimum Gasteiger partial charge on any atom is -0.495 e. The Bertz CT molecular complexity index is 627. The molecule has 1 aromatic carbocycles. The molecule has 2 rings (SSSR count). The van der Waals surface area contributed by atoms with Crippen LogP contribution in [0.5, 0.6) is 5.75 Å². The number of ether oxygens (including phenoxy) is 3. The fraction of sp³-hybridized carbons (Fsp3) is 0.0769. The van der Waals surface area contributed by atoms with E-state index in [-0.39, 0.29) is 5.76 Å². The monoisotopic (exact) mass is 310 g/mol. The van der Waals surface area contributed by atoms with Gasteiger partial charge in [-0.25, -0.2) is 4.79 Å². The highest BCUT2D eigenvalue weighted by atomic mass is 35.5. The van der Waals surface area contributed by atoms with Crippen LogP contribution in [0.3, 0.4) is 0 Å². The highest BCUT2D eigenvalue weighted by molar-refractivity contribution is 6.31. The van der Waals surface area contributed by atoms with Crippen molar-refractivity contribution in [2.75, 3.05) is 12.4 Å². The van der Waals surface area contributed by atoms with Gasteiger partial charge in [0.15, 0.2) is 0 Å². The van der Waals surface area contributed by atoms with Crippen molar-refractivity contribution in [3.05, 3.63) is 47.8 Å². The highest BCUT2D eigenvalue weighted by Crippen LogP contribution is 2.27. The van der Waals surface area contributed by atoms with E-state index in [0.717, 1.165) is 6.26 Å². The van der Waals surface area contributed by atoms with Crippen molar-refractivity contribution < 1.29 is 23.8 Å². The number of urea groups is 1. The van der Waals surface area contributed by atoms with Gasteiger partial charge in [-0.15, -0.1) is 0 Å². The largest absolute Gasteiger partial charge is 0.495 e. The molecule has 0 unspecified atom stereocenters. The second-order valence-corrected chi connectivity index (χ2v) is 4.20. The summed E-state index contributed by atoms with van der Waals surface area (Å²) in [6, 6.07) is 3.93. The molecule has 21 heavy (non-hydrogen) atoms. The summed E-state index contributed by atoms with van der Waals surface area (Å²) in [5.74, 6) is -0.495. The van der Waals surface area contributed by atoms with Crippen molar-refractivity contribution in [2.45, 2.75) is 0 Å². The van der Waals surface area contributed by atoms with Crippen LogP contribution in [0, 0.1) is 0 Å². The Morgan fingerprint density at radius 2 is 2.10 bits per heavy atom.